The summed E-state index contributed by atoms with van der Waals surface area (Å²) in [5.74, 6) is -1.44. The van der Waals surface area contributed by atoms with Gasteiger partial charge in [-0.15, -0.1) is 0 Å². The van der Waals surface area contributed by atoms with Gasteiger partial charge in [-0.3, -0.25) is 0 Å². The summed E-state index contributed by atoms with van der Waals surface area (Å²) in [6.45, 7) is 0. The number of carbonyl (C=O) groups is 1. The predicted octanol–water partition coefficient (Wildman–Crippen LogP) is 2.72. The fourth-order valence-electron chi connectivity index (χ4n) is 1.76. The molecule has 0 aromatic heterocycles. The second-order valence-electron chi connectivity index (χ2n) is 4.37. The summed E-state index contributed by atoms with van der Waals surface area (Å²) >= 11 is 5.78. The lowest BCUT2D eigenvalue weighted by Crippen LogP contribution is -2.06. The quantitative estimate of drug-likeness (QED) is 0.901. The molecule has 2 aromatic carbocycles. The number of halogens is 1. The van der Waals surface area contributed by atoms with Crippen LogP contribution in [-0.4, -0.2) is 24.6 Å². The van der Waals surface area contributed by atoms with Crippen LogP contribution in [-0.2, 0) is 15.6 Å². The zero-order chi connectivity index (χ0) is 15.6. The highest BCUT2D eigenvalue weighted by Gasteiger charge is 2.18. The van der Waals surface area contributed by atoms with Crippen molar-refractivity contribution in [3.05, 3.63) is 58.6 Å². The minimum Gasteiger partial charge on any atom is -0.508 e. The topological polar surface area (TPSA) is 91.7 Å². The molecule has 21 heavy (non-hydrogen) atoms. The third-order valence-electron chi connectivity index (χ3n) is 2.82. The van der Waals surface area contributed by atoms with E-state index in [0.29, 0.717) is 5.56 Å². The Balaban J connectivity index is 2.33. The minimum absolute atomic E-state index is 0.0463. The van der Waals surface area contributed by atoms with Crippen molar-refractivity contribution in [2.75, 3.05) is 0 Å². The fraction of sp³-hybridized carbons (Fsp3) is 0.0714. The van der Waals surface area contributed by atoms with E-state index in [2.05, 4.69) is 0 Å². The summed E-state index contributed by atoms with van der Waals surface area (Å²) in [6.07, 6.45) is 0. The maximum Gasteiger partial charge on any atom is 0.337 e. The molecular formula is C14H11ClO5S. The zero-order valence-corrected chi connectivity index (χ0v) is 12.2. The van der Waals surface area contributed by atoms with E-state index in [9.17, 15) is 13.2 Å². The van der Waals surface area contributed by atoms with Gasteiger partial charge >= 0.3 is 5.97 Å². The molecule has 0 saturated carbocycles. The van der Waals surface area contributed by atoms with E-state index in [1.54, 1.807) is 0 Å². The molecule has 0 bridgehead atoms. The molecule has 2 aromatic rings. The lowest BCUT2D eigenvalue weighted by molar-refractivity contribution is 0.0697. The first-order valence-corrected chi connectivity index (χ1v) is 7.86. The molecule has 2 rings (SSSR count). The van der Waals surface area contributed by atoms with E-state index in [-0.39, 0.29) is 27.0 Å². The summed E-state index contributed by atoms with van der Waals surface area (Å²) in [6, 6.07) is 9.29. The second-order valence-corrected chi connectivity index (χ2v) is 6.77. The molecule has 0 aliphatic carbocycles. The van der Waals surface area contributed by atoms with Gasteiger partial charge in [0.05, 0.1) is 21.2 Å². The molecule has 110 valence electrons. The first kappa shape index (κ1) is 15.3. The number of hydrogen-bond donors (Lipinski definition) is 2. The van der Waals surface area contributed by atoms with Crippen molar-refractivity contribution in [3.8, 4) is 5.75 Å². The smallest absolute Gasteiger partial charge is 0.337 e. The number of carboxylic acids is 1. The maximum absolute atomic E-state index is 12.3. The standard InChI is InChI=1S/C14H11ClO5S/c15-13-7-11(5-6-12(13)14(17)18)21(19,20)8-9-1-3-10(16)4-2-9/h1-7,16H,8H2,(H,17,18). The molecule has 2 N–H and O–H groups in total. The average molecular weight is 327 g/mol. The van der Waals surface area contributed by atoms with Crippen LogP contribution in [0.25, 0.3) is 0 Å². The number of hydrogen-bond acceptors (Lipinski definition) is 4. The van der Waals surface area contributed by atoms with Gasteiger partial charge in [0, 0.05) is 0 Å². The number of benzene rings is 2. The fourth-order valence-corrected chi connectivity index (χ4v) is 3.45. The van der Waals surface area contributed by atoms with Crippen LogP contribution in [0.5, 0.6) is 5.75 Å². The molecule has 5 nitrogen and oxygen atoms in total. The van der Waals surface area contributed by atoms with Gasteiger partial charge in [-0.25, -0.2) is 13.2 Å². The van der Waals surface area contributed by atoms with Crippen LogP contribution < -0.4 is 0 Å². The highest BCUT2D eigenvalue weighted by Crippen LogP contribution is 2.24. The van der Waals surface area contributed by atoms with E-state index in [1.165, 1.54) is 30.3 Å². The summed E-state index contributed by atoms with van der Waals surface area (Å²) in [5.41, 5.74) is 0.353. The predicted molar refractivity (Wildman–Crippen MR) is 77.4 cm³/mol. The minimum atomic E-state index is -3.65. The molecule has 0 fully saturated rings. The Hall–Kier alpha value is -2.05. The van der Waals surface area contributed by atoms with Gasteiger partial charge in [-0.05, 0) is 35.9 Å². The lowest BCUT2D eigenvalue weighted by Gasteiger charge is -2.07. The molecule has 0 atom stereocenters. The van der Waals surface area contributed by atoms with Crippen molar-refractivity contribution in [1.29, 1.82) is 0 Å². The largest absolute Gasteiger partial charge is 0.508 e. The Kier molecular flexibility index (Phi) is 4.20. The molecule has 0 radical (unpaired) electrons. The van der Waals surface area contributed by atoms with Gasteiger partial charge in [0.1, 0.15) is 5.75 Å². The third-order valence-corrected chi connectivity index (χ3v) is 4.82. The van der Waals surface area contributed by atoms with Crippen LogP contribution >= 0.6 is 11.6 Å². The van der Waals surface area contributed by atoms with Gasteiger partial charge < -0.3 is 10.2 Å². The molecule has 7 heteroatoms. The van der Waals surface area contributed by atoms with E-state index in [1.807, 2.05) is 0 Å². The Bertz CT molecular complexity index is 782. The number of aromatic carboxylic acids is 1. The van der Waals surface area contributed by atoms with Crippen LogP contribution in [0.3, 0.4) is 0 Å². The monoisotopic (exact) mass is 326 g/mol. The Labute approximate surface area is 126 Å². The summed E-state index contributed by atoms with van der Waals surface area (Å²) in [4.78, 5) is 10.8. The molecule has 0 aliphatic rings. The Morgan fingerprint density at radius 2 is 1.71 bits per heavy atom. The van der Waals surface area contributed by atoms with Gasteiger partial charge in [-0.2, -0.15) is 0 Å². The SMILES string of the molecule is O=C(O)c1ccc(S(=O)(=O)Cc2ccc(O)cc2)cc1Cl. The van der Waals surface area contributed by atoms with Gasteiger partial charge in [0.25, 0.3) is 0 Å². The molecular weight excluding hydrogens is 316 g/mol. The van der Waals surface area contributed by atoms with Crippen molar-refractivity contribution in [2.24, 2.45) is 0 Å². The second kappa shape index (κ2) is 5.75. The van der Waals surface area contributed by atoms with Gasteiger partial charge in [0.2, 0.25) is 0 Å². The van der Waals surface area contributed by atoms with E-state index >= 15 is 0 Å². The third kappa shape index (κ3) is 3.53. The number of sulfone groups is 1. The van der Waals surface area contributed by atoms with E-state index < -0.39 is 15.8 Å². The van der Waals surface area contributed by atoms with Crippen LogP contribution in [0.4, 0.5) is 0 Å². The molecule has 0 saturated heterocycles. The summed E-state index contributed by atoms with van der Waals surface area (Å²) < 4.78 is 24.5. The molecule has 0 unspecified atom stereocenters. The van der Waals surface area contributed by atoms with Crippen LogP contribution in [0, 0.1) is 0 Å². The average Bonchev–Trinajstić information content (AvgIpc) is 2.40. The van der Waals surface area contributed by atoms with Crippen LogP contribution in [0.15, 0.2) is 47.4 Å². The first-order chi connectivity index (χ1) is 9.79. The zero-order valence-electron chi connectivity index (χ0n) is 10.7. The lowest BCUT2D eigenvalue weighted by atomic mass is 10.2. The van der Waals surface area contributed by atoms with Gasteiger partial charge in [0.15, 0.2) is 9.84 Å². The highest BCUT2D eigenvalue weighted by atomic mass is 35.5. The van der Waals surface area contributed by atoms with Gasteiger partial charge in [-0.1, -0.05) is 23.7 Å². The molecule has 0 aliphatic heterocycles. The summed E-state index contributed by atoms with van der Waals surface area (Å²) in [5, 5.41) is 17.9. The Morgan fingerprint density at radius 3 is 2.24 bits per heavy atom. The molecule has 0 amide bonds. The van der Waals surface area contributed by atoms with E-state index in [4.69, 9.17) is 21.8 Å². The van der Waals surface area contributed by atoms with Crippen molar-refractivity contribution in [1.82, 2.24) is 0 Å². The first-order valence-electron chi connectivity index (χ1n) is 5.83. The number of phenols is 1. The van der Waals surface area contributed by atoms with Crippen molar-refractivity contribution in [2.45, 2.75) is 10.6 Å². The van der Waals surface area contributed by atoms with E-state index in [0.717, 1.165) is 12.1 Å². The Morgan fingerprint density at radius 1 is 1.10 bits per heavy atom. The highest BCUT2D eigenvalue weighted by molar-refractivity contribution is 7.90. The summed E-state index contributed by atoms with van der Waals surface area (Å²) in [7, 11) is -3.65. The number of carboxylic acid groups (broad SMARTS) is 1. The molecule has 0 spiro atoms. The normalized spacial score (nSPS) is 11.3. The number of phenolic OH excluding ortho intramolecular Hbond substituents is 1. The van der Waals surface area contributed by atoms with Crippen LogP contribution in [0.2, 0.25) is 5.02 Å². The number of aromatic hydroxyl groups is 1. The molecule has 0 heterocycles. The maximum atomic E-state index is 12.3. The van der Waals surface area contributed by atoms with Crippen molar-refractivity contribution in [3.63, 3.8) is 0 Å². The van der Waals surface area contributed by atoms with Crippen LogP contribution in [0.1, 0.15) is 15.9 Å². The number of rotatable bonds is 4. The van der Waals surface area contributed by atoms with Crippen molar-refractivity contribution >= 4 is 27.4 Å². The van der Waals surface area contributed by atoms with Crippen molar-refractivity contribution < 1.29 is 23.4 Å².